The Morgan fingerprint density at radius 2 is 1.64 bits per heavy atom. The first-order valence-electron chi connectivity index (χ1n) is 10.9. The number of hydrogen-bond donors (Lipinski definition) is 1. The zero-order chi connectivity index (χ0) is 23.2. The first kappa shape index (κ1) is 21.4. The number of benzene rings is 2. The minimum atomic E-state index is -4.38. The Hall–Kier alpha value is -3.49. The molecule has 1 N–H and O–H groups in total. The van der Waals surface area contributed by atoms with Gasteiger partial charge in [0.05, 0.1) is 17.0 Å². The molecule has 0 unspecified atom stereocenters. The molecule has 5 rings (SSSR count). The predicted molar refractivity (Wildman–Crippen MR) is 118 cm³/mol. The molecule has 9 heteroatoms. The molecule has 0 aliphatic carbocycles. The quantitative estimate of drug-likeness (QED) is 0.655. The number of para-hydroxylation sites is 1. The average Bonchev–Trinajstić information content (AvgIpc) is 3.22. The summed E-state index contributed by atoms with van der Waals surface area (Å²) in [6.45, 7) is 2.59. The molecule has 0 saturated carbocycles. The number of nitrogens with one attached hydrogen (secondary N) is 1. The first-order chi connectivity index (χ1) is 15.8. The van der Waals surface area contributed by atoms with Gasteiger partial charge in [-0.25, -0.2) is 0 Å². The molecule has 6 nitrogen and oxygen atoms in total. The normalized spacial score (nSPS) is 17.4. The second-order valence-corrected chi connectivity index (χ2v) is 8.52. The Morgan fingerprint density at radius 3 is 2.36 bits per heavy atom. The molecule has 2 amide bonds. The van der Waals surface area contributed by atoms with E-state index in [1.165, 1.54) is 6.07 Å². The Bertz CT molecular complexity index is 1190. The van der Waals surface area contributed by atoms with Gasteiger partial charge in [-0.15, -0.1) is 0 Å². The van der Waals surface area contributed by atoms with E-state index in [9.17, 15) is 22.8 Å². The topological polar surface area (TPSA) is 59.7 Å². The highest BCUT2D eigenvalue weighted by Gasteiger charge is 2.39. The van der Waals surface area contributed by atoms with Crippen LogP contribution in [0.4, 0.5) is 18.9 Å². The largest absolute Gasteiger partial charge is 0.416 e. The summed E-state index contributed by atoms with van der Waals surface area (Å²) in [5, 5.41) is 0.864. The number of aromatic amines is 1. The van der Waals surface area contributed by atoms with Crippen molar-refractivity contribution in [3.05, 3.63) is 65.9 Å². The van der Waals surface area contributed by atoms with Gasteiger partial charge in [0, 0.05) is 62.1 Å². The number of likely N-dealkylation sites (tertiary alicyclic amines) is 1. The number of aromatic nitrogens is 1. The van der Waals surface area contributed by atoms with Crippen LogP contribution in [0.3, 0.4) is 0 Å². The Balaban J connectivity index is 1.15. The number of nitrogens with zero attached hydrogens (tertiary/aromatic N) is 3. The Labute approximate surface area is 188 Å². The lowest BCUT2D eigenvalue weighted by Gasteiger charge is -2.43. The highest BCUT2D eigenvalue weighted by molar-refractivity contribution is 6.07. The fraction of sp³-hybridized carbons (Fsp3) is 0.333. The maximum Gasteiger partial charge on any atom is 0.416 e. The van der Waals surface area contributed by atoms with Crippen LogP contribution in [0.5, 0.6) is 0 Å². The SMILES string of the molecule is O=C(c1c[nH]c2ccccc12)N1CC(C(=O)N2CCN(c3cccc(C(F)(F)F)c3)CC2)C1. The number of halogens is 3. The van der Waals surface area contributed by atoms with Crippen molar-refractivity contribution in [1.82, 2.24) is 14.8 Å². The van der Waals surface area contributed by atoms with Gasteiger partial charge in [0.1, 0.15) is 0 Å². The van der Waals surface area contributed by atoms with Crippen molar-refractivity contribution in [2.24, 2.45) is 5.92 Å². The van der Waals surface area contributed by atoms with Crippen LogP contribution in [-0.2, 0) is 11.0 Å². The summed E-state index contributed by atoms with van der Waals surface area (Å²) in [4.78, 5) is 34.1. The molecule has 3 aromatic rings. The van der Waals surface area contributed by atoms with Gasteiger partial charge in [-0.3, -0.25) is 9.59 Å². The number of alkyl halides is 3. The van der Waals surface area contributed by atoms with E-state index in [1.807, 2.05) is 29.2 Å². The van der Waals surface area contributed by atoms with Crippen LogP contribution in [0.2, 0.25) is 0 Å². The molecule has 2 saturated heterocycles. The number of anilines is 1. The molecular formula is C24H23F3N4O2. The molecule has 0 spiro atoms. The van der Waals surface area contributed by atoms with Crippen molar-refractivity contribution in [2.75, 3.05) is 44.2 Å². The van der Waals surface area contributed by atoms with E-state index in [4.69, 9.17) is 0 Å². The Kier molecular flexibility index (Phi) is 5.26. The molecule has 2 aromatic carbocycles. The van der Waals surface area contributed by atoms with Crippen LogP contribution >= 0.6 is 0 Å². The number of piperazine rings is 1. The van der Waals surface area contributed by atoms with Gasteiger partial charge in [0.2, 0.25) is 5.91 Å². The molecular weight excluding hydrogens is 433 g/mol. The van der Waals surface area contributed by atoms with Gasteiger partial charge >= 0.3 is 6.18 Å². The van der Waals surface area contributed by atoms with Crippen molar-refractivity contribution in [2.45, 2.75) is 6.18 Å². The van der Waals surface area contributed by atoms with E-state index in [1.54, 1.807) is 22.1 Å². The van der Waals surface area contributed by atoms with Gasteiger partial charge in [-0.2, -0.15) is 13.2 Å². The van der Waals surface area contributed by atoms with E-state index < -0.39 is 11.7 Å². The summed E-state index contributed by atoms with van der Waals surface area (Å²) in [5.74, 6) is -0.327. The van der Waals surface area contributed by atoms with Gasteiger partial charge in [0.15, 0.2) is 0 Å². The minimum absolute atomic E-state index is 0.00155. The van der Waals surface area contributed by atoms with Gasteiger partial charge < -0.3 is 19.7 Å². The average molecular weight is 456 g/mol. The summed E-state index contributed by atoms with van der Waals surface area (Å²) < 4.78 is 39.0. The summed E-state index contributed by atoms with van der Waals surface area (Å²) in [5.41, 5.74) is 1.34. The highest BCUT2D eigenvalue weighted by Crippen LogP contribution is 2.32. The van der Waals surface area contributed by atoms with Crippen molar-refractivity contribution in [3.63, 3.8) is 0 Å². The smallest absolute Gasteiger partial charge is 0.368 e. The lowest BCUT2D eigenvalue weighted by atomic mass is 9.96. The van der Waals surface area contributed by atoms with Crippen molar-refractivity contribution in [3.8, 4) is 0 Å². The third-order valence-corrected chi connectivity index (χ3v) is 6.47. The Morgan fingerprint density at radius 1 is 0.909 bits per heavy atom. The number of amides is 2. The second kappa shape index (κ2) is 8.13. The lowest BCUT2D eigenvalue weighted by molar-refractivity contribution is -0.140. The monoisotopic (exact) mass is 456 g/mol. The number of rotatable bonds is 3. The van der Waals surface area contributed by atoms with E-state index in [2.05, 4.69) is 4.98 Å². The van der Waals surface area contributed by atoms with Crippen LogP contribution in [-0.4, -0.2) is 65.9 Å². The van der Waals surface area contributed by atoms with E-state index >= 15 is 0 Å². The van der Waals surface area contributed by atoms with Crippen LogP contribution in [0.15, 0.2) is 54.7 Å². The van der Waals surface area contributed by atoms with Crippen LogP contribution in [0.25, 0.3) is 10.9 Å². The number of fused-ring (bicyclic) bond motifs is 1. The number of carbonyl (C=O) groups is 2. The second-order valence-electron chi connectivity index (χ2n) is 8.52. The third kappa shape index (κ3) is 4.03. The van der Waals surface area contributed by atoms with Crippen LogP contribution in [0.1, 0.15) is 15.9 Å². The van der Waals surface area contributed by atoms with Gasteiger partial charge in [0.25, 0.3) is 5.91 Å². The van der Waals surface area contributed by atoms with Crippen molar-refractivity contribution in [1.29, 1.82) is 0 Å². The molecule has 2 fully saturated rings. The van der Waals surface area contributed by atoms with E-state index in [0.717, 1.165) is 23.0 Å². The van der Waals surface area contributed by atoms with Crippen molar-refractivity contribution >= 4 is 28.4 Å². The van der Waals surface area contributed by atoms with Crippen molar-refractivity contribution < 1.29 is 22.8 Å². The van der Waals surface area contributed by atoms with Crippen LogP contribution in [0, 0.1) is 5.92 Å². The first-order valence-corrected chi connectivity index (χ1v) is 10.9. The molecule has 3 heterocycles. The zero-order valence-corrected chi connectivity index (χ0v) is 17.8. The molecule has 33 heavy (non-hydrogen) atoms. The molecule has 0 bridgehead atoms. The highest BCUT2D eigenvalue weighted by atomic mass is 19.4. The maximum absolute atomic E-state index is 13.0. The fourth-order valence-corrected chi connectivity index (χ4v) is 4.54. The summed E-state index contributed by atoms with van der Waals surface area (Å²) in [6, 6.07) is 12.9. The third-order valence-electron chi connectivity index (χ3n) is 6.47. The predicted octanol–water partition coefficient (Wildman–Crippen LogP) is 3.61. The van der Waals surface area contributed by atoms with Gasteiger partial charge in [-0.1, -0.05) is 24.3 Å². The molecule has 2 aliphatic heterocycles. The minimum Gasteiger partial charge on any atom is -0.368 e. The maximum atomic E-state index is 13.0. The summed E-state index contributed by atoms with van der Waals surface area (Å²) >= 11 is 0. The molecule has 0 radical (unpaired) electrons. The number of H-pyrrole nitrogens is 1. The molecule has 1 aromatic heterocycles. The molecule has 0 atom stereocenters. The molecule has 172 valence electrons. The molecule has 2 aliphatic rings. The van der Waals surface area contributed by atoms with Gasteiger partial charge in [-0.05, 0) is 24.3 Å². The number of carbonyl (C=O) groups excluding carboxylic acids is 2. The summed E-state index contributed by atoms with van der Waals surface area (Å²) in [6.07, 6.45) is -2.68. The standard InChI is InChI=1S/C24H23F3N4O2/c25-24(26,27)17-4-3-5-18(12-17)29-8-10-30(11-9-29)22(32)16-14-31(15-16)23(33)20-13-28-21-7-2-1-6-19(20)21/h1-7,12-13,16,28H,8-11,14-15H2. The van der Waals surface area contributed by atoms with E-state index in [-0.39, 0.29) is 17.7 Å². The lowest BCUT2D eigenvalue weighted by Crippen LogP contribution is -2.59. The van der Waals surface area contributed by atoms with Crippen LogP contribution < -0.4 is 4.90 Å². The van der Waals surface area contributed by atoms with E-state index in [0.29, 0.717) is 50.5 Å². The summed E-state index contributed by atoms with van der Waals surface area (Å²) in [7, 11) is 0. The zero-order valence-electron chi connectivity index (χ0n) is 17.8. The number of hydrogen-bond acceptors (Lipinski definition) is 3. The fourth-order valence-electron chi connectivity index (χ4n) is 4.54.